The van der Waals surface area contributed by atoms with Crippen LogP contribution in [0.15, 0.2) is 39.8 Å². The van der Waals surface area contributed by atoms with Crippen molar-refractivity contribution < 1.29 is 14.1 Å². The van der Waals surface area contributed by atoms with Gasteiger partial charge in [-0.25, -0.2) is 0 Å². The Kier molecular flexibility index (Phi) is 5.44. The van der Waals surface area contributed by atoms with Crippen LogP contribution in [0.1, 0.15) is 40.2 Å². The second-order valence-electron chi connectivity index (χ2n) is 9.74. The fourth-order valence-corrected chi connectivity index (χ4v) is 5.37. The summed E-state index contributed by atoms with van der Waals surface area (Å²) >= 11 is 0. The minimum absolute atomic E-state index is 0.0742. The zero-order valence-corrected chi connectivity index (χ0v) is 20.5. The first kappa shape index (κ1) is 22.0. The average molecular weight is 471 g/mol. The third-order valence-electron chi connectivity index (χ3n) is 7.26. The SMILES string of the molecule is C/N=C/c1cc(-c2c(C)noc2C)cc2c3ccc(C(=O)N4CCOCC4)cc3n(CC3CC3)c12. The maximum Gasteiger partial charge on any atom is 0.254 e. The van der Waals surface area contributed by atoms with Crippen molar-refractivity contribution in [3.63, 3.8) is 0 Å². The normalized spacial score (nSPS) is 16.7. The Morgan fingerprint density at radius 1 is 1.14 bits per heavy atom. The predicted octanol–water partition coefficient (Wildman–Crippen LogP) is 5.00. The smallest absolute Gasteiger partial charge is 0.254 e. The molecule has 1 aliphatic heterocycles. The highest BCUT2D eigenvalue weighted by Crippen LogP contribution is 2.40. The van der Waals surface area contributed by atoms with E-state index in [2.05, 4.69) is 39.0 Å². The number of benzene rings is 2. The molecule has 0 bridgehead atoms. The third kappa shape index (κ3) is 3.84. The second-order valence-corrected chi connectivity index (χ2v) is 9.74. The van der Waals surface area contributed by atoms with Crippen LogP contribution in [0.5, 0.6) is 0 Å². The van der Waals surface area contributed by atoms with E-state index in [1.54, 1.807) is 7.05 Å². The van der Waals surface area contributed by atoms with Gasteiger partial charge in [-0.3, -0.25) is 9.79 Å². The molecular formula is C28H30N4O3. The monoisotopic (exact) mass is 470 g/mol. The minimum Gasteiger partial charge on any atom is -0.378 e. The van der Waals surface area contributed by atoms with Crippen LogP contribution in [-0.4, -0.2) is 60.1 Å². The lowest BCUT2D eigenvalue weighted by atomic mass is 9.98. The number of carbonyl (C=O) groups excluding carboxylic acids is 1. The Morgan fingerprint density at radius 2 is 1.94 bits per heavy atom. The molecule has 1 amide bonds. The lowest BCUT2D eigenvalue weighted by Gasteiger charge is -2.26. The van der Waals surface area contributed by atoms with Crippen molar-refractivity contribution in [3.05, 3.63) is 52.9 Å². The van der Waals surface area contributed by atoms with Crippen LogP contribution in [0, 0.1) is 19.8 Å². The number of ether oxygens (including phenoxy) is 1. The molecule has 7 heteroatoms. The zero-order chi connectivity index (χ0) is 24.1. The van der Waals surface area contributed by atoms with Crippen molar-refractivity contribution in [2.24, 2.45) is 10.9 Å². The fraction of sp³-hybridized carbons (Fsp3) is 0.393. The van der Waals surface area contributed by atoms with E-state index in [1.165, 1.54) is 23.7 Å². The Labute approximate surface area is 204 Å². The van der Waals surface area contributed by atoms with E-state index < -0.39 is 0 Å². The molecule has 0 spiro atoms. The van der Waals surface area contributed by atoms with Gasteiger partial charge in [0.15, 0.2) is 0 Å². The van der Waals surface area contributed by atoms with Crippen molar-refractivity contribution in [1.29, 1.82) is 0 Å². The maximum atomic E-state index is 13.3. The summed E-state index contributed by atoms with van der Waals surface area (Å²) in [7, 11) is 1.81. The first-order valence-corrected chi connectivity index (χ1v) is 12.4. The Hall–Kier alpha value is -3.45. The van der Waals surface area contributed by atoms with Gasteiger partial charge in [0, 0.05) is 65.9 Å². The Bertz CT molecular complexity index is 1450. The number of aliphatic imine (C=N–C) groups is 1. The molecule has 3 heterocycles. The summed E-state index contributed by atoms with van der Waals surface area (Å²) in [5.74, 6) is 1.56. The zero-order valence-electron chi connectivity index (χ0n) is 20.5. The molecule has 4 aromatic rings. The number of aromatic nitrogens is 2. The van der Waals surface area contributed by atoms with Crippen molar-refractivity contribution in [3.8, 4) is 11.1 Å². The summed E-state index contributed by atoms with van der Waals surface area (Å²) in [6, 6.07) is 10.6. The van der Waals surface area contributed by atoms with Gasteiger partial charge >= 0.3 is 0 Å². The van der Waals surface area contributed by atoms with Gasteiger partial charge in [0.1, 0.15) is 5.76 Å². The molecule has 1 saturated carbocycles. The number of morpholine rings is 1. The second kappa shape index (κ2) is 8.64. The van der Waals surface area contributed by atoms with Gasteiger partial charge in [-0.1, -0.05) is 11.2 Å². The van der Waals surface area contributed by atoms with E-state index in [4.69, 9.17) is 9.26 Å². The van der Waals surface area contributed by atoms with Crippen LogP contribution in [0.4, 0.5) is 0 Å². The number of fused-ring (bicyclic) bond motifs is 3. The summed E-state index contributed by atoms with van der Waals surface area (Å²) in [4.78, 5) is 19.6. The molecule has 6 rings (SSSR count). The Morgan fingerprint density at radius 3 is 2.63 bits per heavy atom. The van der Waals surface area contributed by atoms with Gasteiger partial charge in [0.25, 0.3) is 5.91 Å². The maximum absolute atomic E-state index is 13.3. The van der Waals surface area contributed by atoms with Crippen LogP contribution in [-0.2, 0) is 11.3 Å². The molecule has 2 fully saturated rings. The number of amides is 1. The van der Waals surface area contributed by atoms with Crippen molar-refractivity contribution in [1.82, 2.24) is 14.6 Å². The average Bonchev–Trinajstić information content (AvgIpc) is 3.56. The highest BCUT2D eigenvalue weighted by Gasteiger charge is 2.26. The number of hydrogen-bond donors (Lipinski definition) is 0. The standard InChI is InChI=1S/C28H30N4O3/c1-17-26(18(2)35-30-17)21-12-22(15-29-3)27-24(13-21)23-7-6-20(28(33)31-8-10-34-11-9-31)14-25(23)32(27)16-19-4-5-19/h6-7,12-15,19H,4-5,8-11,16H2,1-3H3/b29-15+. The van der Waals surface area contributed by atoms with Gasteiger partial charge in [0.2, 0.25) is 0 Å². The summed E-state index contributed by atoms with van der Waals surface area (Å²) in [6.45, 7) is 7.35. The summed E-state index contributed by atoms with van der Waals surface area (Å²) in [6.07, 6.45) is 4.44. The van der Waals surface area contributed by atoms with E-state index in [-0.39, 0.29) is 5.91 Å². The quantitative estimate of drug-likeness (QED) is 0.385. The molecule has 2 aromatic heterocycles. The molecule has 0 radical (unpaired) electrons. The molecule has 2 aliphatic rings. The molecule has 35 heavy (non-hydrogen) atoms. The molecule has 0 N–H and O–H groups in total. The molecule has 1 aliphatic carbocycles. The fourth-order valence-electron chi connectivity index (χ4n) is 5.37. The van der Waals surface area contributed by atoms with Gasteiger partial charge in [-0.15, -0.1) is 0 Å². The molecule has 0 unspecified atom stereocenters. The van der Waals surface area contributed by atoms with Crippen LogP contribution in [0.25, 0.3) is 32.9 Å². The minimum atomic E-state index is 0.0742. The van der Waals surface area contributed by atoms with E-state index in [1.807, 2.05) is 31.0 Å². The molecule has 7 nitrogen and oxygen atoms in total. The Balaban J connectivity index is 1.58. The predicted molar refractivity (Wildman–Crippen MR) is 137 cm³/mol. The van der Waals surface area contributed by atoms with E-state index in [0.717, 1.165) is 51.2 Å². The van der Waals surface area contributed by atoms with Gasteiger partial charge < -0.3 is 18.7 Å². The van der Waals surface area contributed by atoms with Crippen LogP contribution < -0.4 is 0 Å². The van der Waals surface area contributed by atoms with Crippen molar-refractivity contribution in [2.45, 2.75) is 33.2 Å². The van der Waals surface area contributed by atoms with E-state index in [9.17, 15) is 4.79 Å². The highest BCUT2D eigenvalue weighted by molar-refractivity contribution is 6.15. The first-order valence-electron chi connectivity index (χ1n) is 12.4. The van der Waals surface area contributed by atoms with Crippen molar-refractivity contribution in [2.75, 3.05) is 33.4 Å². The molecule has 2 aromatic carbocycles. The van der Waals surface area contributed by atoms with E-state index in [0.29, 0.717) is 32.2 Å². The number of rotatable bonds is 5. The van der Waals surface area contributed by atoms with E-state index >= 15 is 0 Å². The lowest BCUT2D eigenvalue weighted by Crippen LogP contribution is -2.40. The third-order valence-corrected chi connectivity index (χ3v) is 7.26. The summed E-state index contributed by atoms with van der Waals surface area (Å²) in [5.41, 5.74) is 7.05. The van der Waals surface area contributed by atoms with Crippen LogP contribution >= 0.6 is 0 Å². The first-order chi connectivity index (χ1) is 17.0. The van der Waals surface area contributed by atoms with Crippen LogP contribution in [0.2, 0.25) is 0 Å². The topological polar surface area (TPSA) is 72.9 Å². The molecule has 0 atom stereocenters. The summed E-state index contributed by atoms with van der Waals surface area (Å²) in [5, 5.41) is 6.49. The number of nitrogens with zero attached hydrogens (tertiary/aromatic N) is 4. The number of hydrogen-bond acceptors (Lipinski definition) is 5. The molecule has 180 valence electrons. The summed E-state index contributed by atoms with van der Waals surface area (Å²) < 4.78 is 13.3. The molecule has 1 saturated heterocycles. The number of aryl methyl sites for hydroxylation is 2. The van der Waals surface area contributed by atoms with Crippen molar-refractivity contribution >= 4 is 33.9 Å². The lowest BCUT2D eigenvalue weighted by molar-refractivity contribution is 0.0303. The van der Waals surface area contributed by atoms with Gasteiger partial charge in [0.05, 0.1) is 24.4 Å². The van der Waals surface area contributed by atoms with Gasteiger partial charge in [-0.05, 0) is 62.4 Å². The highest BCUT2D eigenvalue weighted by atomic mass is 16.5. The largest absolute Gasteiger partial charge is 0.378 e. The van der Waals surface area contributed by atoms with Crippen LogP contribution in [0.3, 0.4) is 0 Å². The molecular weight excluding hydrogens is 440 g/mol. The number of carbonyl (C=O) groups is 1. The van der Waals surface area contributed by atoms with Gasteiger partial charge in [-0.2, -0.15) is 0 Å².